The van der Waals surface area contributed by atoms with E-state index >= 15 is 0 Å². The van der Waals surface area contributed by atoms with Crippen molar-refractivity contribution in [3.05, 3.63) is 52.3 Å². The number of carbonyl (C=O) groups excluding carboxylic acids is 1. The second-order valence-corrected chi connectivity index (χ2v) is 9.81. The average molecular weight is 428 g/mol. The van der Waals surface area contributed by atoms with Crippen LogP contribution in [-0.2, 0) is 11.3 Å². The molecule has 0 radical (unpaired) electrons. The van der Waals surface area contributed by atoms with E-state index in [1.807, 2.05) is 24.3 Å². The summed E-state index contributed by atoms with van der Waals surface area (Å²) in [5.41, 5.74) is 5.30. The molecule has 160 valence electrons. The molecule has 1 fully saturated rings. The molecule has 1 N–H and O–H groups in total. The van der Waals surface area contributed by atoms with Crippen molar-refractivity contribution in [3.8, 4) is 5.69 Å². The number of amides is 1. The third-order valence-corrected chi connectivity index (χ3v) is 6.39. The van der Waals surface area contributed by atoms with Gasteiger partial charge in [0.15, 0.2) is 0 Å². The Balaban J connectivity index is 1.60. The van der Waals surface area contributed by atoms with E-state index in [2.05, 4.69) is 41.9 Å². The van der Waals surface area contributed by atoms with Crippen molar-refractivity contribution < 1.29 is 9.63 Å². The van der Waals surface area contributed by atoms with Gasteiger partial charge in [-0.25, -0.2) is 4.79 Å². The van der Waals surface area contributed by atoms with Crippen LogP contribution in [0.3, 0.4) is 0 Å². The molecule has 6 heteroatoms. The van der Waals surface area contributed by atoms with Crippen molar-refractivity contribution in [1.82, 2.24) is 9.88 Å². The number of aryl methyl sites for hydroxylation is 1. The zero-order valence-electron chi connectivity index (χ0n) is 18.0. The van der Waals surface area contributed by atoms with E-state index in [4.69, 9.17) is 16.4 Å². The van der Waals surface area contributed by atoms with E-state index in [1.54, 1.807) is 0 Å². The zero-order valence-corrected chi connectivity index (χ0v) is 18.8. The number of nitrogens with one attached hydrogen (secondary N) is 1. The highest BCUT2D eigenvalue weighted by Gasteiger charge is 2.34. The van der Waals surface area contributed by atoms with E-state index in [-0.39, 0.29) is 11.5 Å². The van der Waals surface area contributed by atoms with Crippen LogP contribution < -0.4 is 5.32 Å². The molecule has 1 heterocycles. The van der Waals surface area contributed by atoms with Crippen molar-refractivity contribution >= 4 is 23.4 Å². The van der Waals surface area contributed by atoms with Crippen LogP contribution in [0.5, 0.6) is 0 Å². The molecule has 30 heavy (non-hydrogen) atoms. The summed E-state index contributed by atoms with van der Waals surface area (Å²) in [6.45, 7) is 6.54. The molecule has 4 rings (SSSR count). The smallest absolute Gasteiger partial charge is 0.318 e. The maximum Gasteiger partial charge on any atom is 0.433 e. The van der Waals surface area contributed by atoms with E-state index in [9.17, 15) is 4.79 Å². The van der Waals surface area contributed by atoms with E-state index in [1.165, 1.54) is 12.1 Å². The lowest BCUT2D eigenvalue weighted by Gasteiger charge is -2.31. The van der Waals surface area contributed by atoms with Crippen LogP contribution >= 0.6 is 11.6 Å². The van der Waals surface area contributed by atoms with Crippen LogP contribution in [0.2, 0.25) is 5.02 Å². The third-order valence-electron chi connectivity index (χ3n) is 6.14. The van der Waals surface area contributed by atoms with Gasteiger partial charge in [0.2, 0.25) is 0 Å². The highest BCUT2D eigenvalue weighted by molar-refractivity contribution is 6.30. The summed E-state index contributed by atoms with van der Waals surface area (Å²) in [5, 5.41) is 8.00. The minimum atomic E-state index is -0.451. The molecule has 1 saturated carbocycles. The molecule has 0 unspecified atom stereocenters. The van der Waals surface area contributed by atoms with Gasteiger partial charge in [0.05, 0.1) is 5.71 Å². The molecule has 1 aromatic carbocycles. The molecule has 0 bridgehead atoms. The highest BCUT2D eigenvalue weighted by Crippen LogP contribution is 2.38. The van der Waals surface area contributed by atoms with E-state index in [0.717, 1.165) is 66.2 Å². The number of hydrogen-bond acceptors (Lipinski definition) is 3. The Labute approximate surface area is 183 Å². The van der Waals surface area contributed by atoms with Gasteiger partial charge in [-0.1, -0.05) is 49.9 Å². The van der Waals surface area contributed by atoms with Gasteiger partial charge in [-0.15, -0.1) is 0 Å². The standard InChI is InChI=1S/C24H30ClN3O2/c1-16-13-20-21(27-30-23(29)26-18-7-5-4-6-8-18)14-24(2,3)15-22(20)28(16)19-11-9-17(25)10-12-19/h9-13,18H,4-8,14-15H2,1-3H3,(H,26,29)/b27-21+. The lowest BCUT2D eigenvalue weighted by Crippen LogP contribution is -2.36. The highest BCUT2D eigenvalue weighted by atomic mass is 35.5. The molecule has 5 nitrogen and oxygen atoms in total. The van der Waals surface area contributed by atoms with Gasteiger partial charge in [-0.2, -0.15) is 0 Å². The Bertz CT molecular complexity index is 954. The first kappa shape index (κ1) is 21.0. The van der Waals surface area contributed by atoms with Gasteiger partial charge in [0, 0.05) is 33.7 Å². The summed E-state index contributed by atoms with van der Waals surface area (Å²) in [4.78, 5) is 17.6. The first-order valence-corrected chi connectivity index (χ1v) is 11.2. The van der Waals surface area contributed by atoms with Gasteiger partial charge in [-0.3, -0.25) is 4.84 Å². The Morgan fingerprint density at radius 3 is 2.57 bits per heavy atom. The van der Waals surface area contributed by atoms with Crippen LogP contribution in [0, 0.1) is 12.3 Å². The number of carbonyl (C=O) groups is 1. The minimum Gasteiger partial charge on any atom is -0.318 e. The average Bonchev–Trinajstić information content (AvgIpc) is 3.02. The fourth-order valence-corrected chi connectivity index (χ4v) is 4.87. The molecule has 0 spiro atoms. The Morgan fingerprint density at radius 1 is 1.17 bits per heavy atom. The monoisotopic (exact) mass is 427 g/mol. The Kier molecular flexibility index (Phi) is 5.92. The predicted octanol–water partition coefficient (Wildman–Crippen LogP) is 6.17. The molecule has 2 aromatic rings. The van der Waals surface area contributed by atoms with Crippen molar-refractivity contribution in [2.75, 3.05) is 0 Å². The number of aromatic nitrogens is 1. The van der Waals surface area contributed by atoms with Crippen LogP contribution in [0.15, 0.2) is 35.5 Å². The number of oxime groups is 1. The van der Waals surface area contributed by atoms with Gasteiger partial charge in [0.1, 0.15) is 0 Å². The Hall–Kier alpha value is -2.27. The zero-order chi connectivity index (χ0) is 21.3. The molecule has 0 atom stereocenters. The first-order chi connectivity index (χ1) is 14.3. The van der Waals surface area contributed by atoms with Gasteiger partial charge < -0.3 is 9.88 Å². The van der Waals surface area contributed by atoms with Crippen LogP contribution in [0.4, 0.5) is 4.79 Å². The molecular weight excluding hydrogens is 398 g/mol. The number of fused-ring (bicyclic) bond motifs is 1. The number of benzene rings is 1. The number of hydrogen-bond donors (Lipinski definition) is 1. The minimum absolute atomic E-state index is 0.0179. The Morgan fingerprint density at radius 2 is 1.87 bits per heavy atom. The molecular formula is C24H30ClN3O2. The lowest BCUT2D eigenvalue weighted by atomic mass is 9.76. The van der Waals surface area contributed by atoms with E-state index in [0.29, 0.717) is 0 Å². The van der Waals surface area contributed by atoms with Crippen molar-refractivity contribution in [1.29, 1.82) is 0 Å². The molecule has 1 aromatic heterocycles. The summed E-state index contributed by atoms with van der Waals surface area (Å²) in [7, 11) is 0. The van der Waals surface area contributed by atoms with Gasteiger partial charge in [-0.05, 0) is 68.4 Å². The predicted molar refractivity (Wildman–Crippen MR) is 121 cm³/mol. The van der Waals surface area contributed by atoms with Crippen molar-refractivity contribution in [3.63, 3.8) is 0 Å². The van der Waals surface area contributed by atoms with E-state index < -0.39 is 6.09 Å². The van der Waals surface area contributed by atoms with Gasteiger partial charge >= 0.3 is 6.09 Å². The normalized spacial score (nSPS) is 20.1. The van der Waals surface area contributed by atoms with Gasteiger partial charge in [0.25, 0.3) is 0 Å². The SMILES string of the molecule is Cc1cc2c(n1-c1ccc(Cl)cc1)CC(C)(C)C/C2=N\OC(=O)NC1CCCCC1. The van der Waals surface area contributed by atoms with Crippen molar-refractivity contribution in [2.24, 2.45) is 10.6 Å². The second kappa shape index (κ2) is 8.46. The number of rotatable bonds is 3. The third kappa shape index (κ3) is 4.56. The molecule has 0 saturated heterocycles. The lowest BCUT2D eigenvalue weighted by molar-refractivity contribution is 0.142. The second-order valence-electron chi connectivity index (χ2n) is 9.37. The fourth-order valence-electron chi connectivity index (χ4n) is 4.75. The summed E-state index contributed by atoms with van der Waals surface area (Å²) in [6.07, 6.45) is 6.85. The maximum atomic E-state index is 12.3. The van der Waals surface area contributed by atoms with Crippen molar-refractivity contribution in [2.45, 2.75) is 71.8 Å². The topological polar surface area (TPSA) is 55.6 Å². The fraction of sp³-hybridized carbons (Fsp3) is 0.500. The first-order valence-electron chi connectivity index (χ1n) is 10.8. The molecule has 2 aliphatic carbocycles. The molecule has 1 amide bonds. The number of halogens is 1. The summed E-state index contributed by atoms with van der Waals surface area (Å²) in [6, 6.07) is 10.2. The van der Waals surface area contributed by atoms with Crippen LogP contribution in [0.25, 0.3) is 5.69 Å². The quantitative estimate of drug-likeness (QED) is 0.470. The molecule has 0 aliphatic heterocycles. The molecule has 2 aliphatic rings. The largest absolute Gasteiger partial charge is 0.433 e. The number of nitrogens with zero attached hydrogens (tertiary/aromatic N) is 2. The van der Waals surface area contributed by atoms with Crippen LogP contribution in [-0.4, -0.2) is 22.4 Å². The maximum absolute atomic E-state index is 12.3. The van der Waals surface area contributed by atoms with Crippen LogP contribution in [0.1, 0.15) is 69.3 Å². The summed E-state index contributed by atoms with van der Waals surface area (Å²) >= 11 is 6.08. The summed E-state index contributed by atoms with van der Waals surface area (Å²) < 4.78 is 2.25. The summed E-state index contributed by atoms with van der Waals surface area (Å²) in [5.74, 6) is 0.